The Hall–Kier alpha value is -3.78. The molecule has 0 spiro atoms. The maximum Gasteiger partial charge on any atom is 0.270 e. The third-order valence-corrected chi connectivity index (χ3v) is 5.17. The first-order valence-electron chi connectivity index (χ1n) is 9.40. The van der Waals surface area contributed by atoms with Crippen LogP contribution in [0.25, 0.3) is 22.2 Å². The minimum atomic E-state index is -1.07. The van der Waals surface area contributed by atoms with E-state index in [1.165, 1.54) is 12.1 Å². The number of carbonyl (C=O) groups is 1. The summed E-state index contributed by atoms with van der Waals surface area (Å²) in [6, 6.07) is 10.7. The first kappa shape index (κ1) is 18.3. The third kappa shape index (κ3) is 3.07. The maximum absolute atomic E-state index is 14.3. The number of aliphatic hydroxyl groups is 1. The number of fused-ring (bicyclic) bond motifs is 2. The Bertz CT molecular complexity index is 1240. The number of amides is 1. The Morgan fingerprint density at radius 1 is 1.20 bits per heavy atom. The zero-order valence-corrected chi connectivity index (χ0v) is 15.7. The molecule has 8 heteroatoms. The molecule has 2 atom stereocenters. The zero-order chi connectivity index (χ0) is 20.7. The molecule has 0 radical (unpaired) electrons. The average Bonchev–Trinajstić information content (AvgIpc) is 3.25. The lowest BCUT2D eigenvalue weighted by atomic mass is 9.97. The van der Waals surface area contributed by atoms with Gasteiger partial charge in [-0.25, -0.2) is 9.37 Å². The van der Waals surface area contributed by atoms with Crippen LogP contribution in [0.3, 0.4) is 0 Å². The molecule has 0 saturated carbocycles. The van der Waals surface area contributed by atoms with Crippen molar-refractivity contribution < 1.29 is 19.0 Å². The van der Waals surface area contributed by atoms with Crippen molar-refractivity contribution in [1.82, 2.24) is 20.3 Å². The van der Waals surface area contributed by atoms with Gasteiger partial charge in [-0.2, -0.15) is 0 Å². The van der Waals surface area contributed by atoms with Crippen LogP contribution in [0.4, 0.5) is 4.39 Å². The molecular weight excluding hydrogens is 387 g/mol. The van der Waals surface area contributed by atoms with Gasteiger partial charge in [-0.05, 0) is 35.9 Å². The zero-order valence-electron chi connectivity index (χ0n) is 15.7. The molecule has 1 amide bonds. The van der Waals surface area contributed by atoms with E-state index in [0.29, 0.717) is 5.75 Å². The molecule has 0 fully saturated rings. The van der Waals surface area contributed by atoms with E-state index in [1.54, 1.807) is 30.6 Å². The minimum absolute atomic E-state index is 0.0392. The summed E-state index contributed by atoms with van der Waals surface area (Å²) in [7, 11) is 0. The molecule has 0 bridgehead atoms. The second-order valence-electron chi connectivity index (χ2n) is 7.01. The molecular formula is C22H17FN4O3. The van der Waals surface area contributed by atoms with Gasteiger partial charge in [-0.3, -0.25) is 9.78 Å². The summed E-state index contributed by atoms with van der Waals surface area (Å²) in [5.74, 6) is -0.751. The van der Waals surface area contributed by atoms with Gasteiger partial charge < -0.3 is 20.1 Å². The van der Waals surface area contributed by atoms with Crippen molar-refractivity contribution in [2.24, 2.45) is 0 Å². The quantitative estimate of drug-likeness (QED) is 0.487. The van der Waals surface area contributed by atoms with Crippen LogP contribution in [-0.2, 0) is 0 Å². The molecule has 4 heterocycles. The van der Waals surface area contributed by atoms with Crippen molar-refractivity contribution in [2.75, 3.05) is 6.61 Å². The summed E-state index contributed by atoms with van der Waals surface area (Å²) in [4.78, 5) is 24.3. The van der Waals surface area contributed by atoms with Crippen LogP contribution in [0.1, 0.15) is 22.1 Å². The highest BCUT2D eigenvalue weighted by atomic mass is 19.1. The third-order valence-electron chi connectivity index (χ3n) is 5.17. The molecule has 0 saturated heterocycles. The predicted molar refractivity (Wildman–Crippen MR) is 107 cm³/mol. The Morgan fingerprint density at radius 3 is 2.93 bits per heavy atom. The number of nitrogens with one attached hydrogen (secondary N) is 2. The maximum atomic E-state index is 14.3. The topological polar surface area (TPSA) is 100 Å². The number of hydrogen-bond acceptors (Lipinski definition) is 5. The molecule has 1 aliphatic rings. The summed E-state index contributed by atoms with van der Waals surface area (Å²) in [5.41, 5.74) is 2.84. The van der Waals surface area contributed by atoms with Crippen molar-refractivity contribution in [3.8, 4) is 16.9 Å². The van der Waals surface area contributed by atoms with Gasteiger partial charge in [0.1, 0.15) is 35.6 Å². The van der Waals surface area contributed by atoms with Crippen LogP contribution in [0, 0.1) is 5.82 Å². The van der Waals surface area contributed by atoms with E-state index in [9.17, 15) is 14.3 Å². The van der Waals surface area contributed by atoms with Crippen LogP contribution < -0.4 is 10.1 Å². The van der Waals surface area contributed by atoms with Crippen molar-refractivity contribution in [3.63, 3.8) is 0 Å². The van der Waals surface area contributed by atoms with Gasteiger partial charge in [-0.15, -0.1) is 0 Å². The number of aromatic nitrogens is 3. The van der Waals surface area contributed by atoms with Gasteiger partial charge in [0.2, 0.25) is 0 Å². The van der Waals surface area contributed by atoms with Crippen molar-refractivity contribution in [2.45, 2.75) is 12.1 Å². The molecule has 30 heavy (non-hydrogen) atoms. The molecule has 1 aliphatic heterocycles. The van der Waals surface area contributed by atoms with E-state index in [2.05, 4.69) is 20.3 Å². The molecule has 0 aliphatic carbocycles. The molecule has 7 nitrogen and oxygen atoms in total. The Labute approximate surface area is 170 Å². The summed E-state index contributed by atoms with van der Waals surface area (Å²) >= 11 is 0. The Morgan fingerprint density at radius 2 is 2.10 bits per heavy atom. The van der Waals surface area contributed by atoms with E-state index < -0.39 is 23.9 Å². The van der Waals surface area contributed by atoms with E-state index in [0.717, 1.165) is 22.2 Å². The molecule has 0 unspecified atom stereocenters. The first-order chi connectivity index (χ1) is 14.6. The largest absolute Gasteiger partial charge is 0.490 e. The number of hydrogen-bond donors (Lipinski definition) is 3. The highest BCUT2D eigenvalue weighted by molar-refractivity contribution is 5.95. The van der Waals surface area contributed by atoms with Gasteiger partial charge >= 0.3 is 0 Å². The summed E-state index contributed by atoms with van der Waals surface area (Å²) in [6.45, 7) is -0.0392. The lowest BCUT2D eigenvalue weighted by molar-refractivity contribution is 0.0484. The van der Waals surface area contributed by atoms with Crippen molar-refractivity contribution in [1.29, 1.82) is 0 Å². The fourth-order valence-corrected chi connectivity index (χ4v) is 3.69. The van der Waals surface area contributed by atoms with Gasteiger partial charge in [-0.1, -0.05) is 12.1 Å². The number of rotatable bonds is 3. The summed E-state index contributed by atoms with van der Waals surface area (Å²) in [6.07, 6.45) is 4.04. The molecule has 4 aromatic rings. The Balaban J connectivity index is 1.41. The number of halogens is 1. The van der Waals surface area contributed by atoms with E-state index >= 15 is 0 Å². The normalized spacial score (nSPS) is 17.9. The van der Waals surface area contributed by atoms with Gasteiger partial charge in [0.15, 0.2) is 0 Å². The number of nitrogens with zero attached hydrogens (tertiary/aromatic N) is 2. The highest BCUT2D eigenvalue weighted by Gasteiger charge is 2.33. The smallest absolute Gasteiger partial charge is 0.270 e. The van der Waals surface area contributed by atoms with Gasteiger partial charge in [0.25, 0.3) is 5.91 Å². The lowest BCUT2D eigenvalue weighted by Crippen LogP contribution is -2.42. The summed E-state index contributed by atoms with van der Waals surface area (Å²) < 4.78 is 19.7. The second kappa shape index (κ2) is 7.23. The number of ether oxygens (including phenoxy) is 1. The minimum Gasteiger partial charge on any atom is -0.490 e. The highest BCUT2D eigenvalue weighted by Crippen LogP contribution is 2.34. The number of aromatic amines is 1. The number of H-pyrrole nitrogens is 1. The molecule has 3 N–H and O–H groups in total. The van der Waals surface area contributed by atoms with Crippen LogP contribution >= 0.6 is 0 Å². The van der Waals surface area contributed by atoms with E-state index in [1.807, 2.05) is 18.3 Å². The fourth-order valence-electron chi connectivity index (χ4n) is 3.69. The van der Waals surface area contributed by atoms with Crippen molar-refractivity contribution in [3.05, 3.63) is 78.1 Å². The van der Waals surface area contributed by atoms with Gasteiger partial charge in [0, 0.05) is 29.5 Å². The van der Waals surface area contributed by atoms with Crippen molar-refractivity contribution >= 4 is 16.9 Å². The fraction of sp³-hybridized carbons (Fsp3) is 0.136. The number of carbonyl (C=O) groups excluding carboxylic acids is 1. The van der Waals surface area contributed by atoms with Crippen LogP contribution in [-0.4, -0.2) is 38.7 Å². The molecule has 3 aromatic heterocycles. The van der Waals surface area contributed by atoms with Crippen LogP contribution in [0.5, 0.6) is 5.75 Å². The predicted octanol–water partition coefficient (Wildman–Crippen LogP) is 2.99. The van der Waals surface area contributed by atoms with Crippen LogP contribution in [0.15, 0.2) is 61.1 Å². The van der Waals surface area contributed by atoms with Gasteiger partial charge in [0.05, 0.1) is 11.6 Å². The van der Waals surface area contributed by atoms with E-state index in [4.69, 9.17) is 4.74 Å². The second-order valence-corrected chi connectivity index (χ2v) is 7.01. The SMILES string of the molecule is O=C(N[C@@H]1c2c(F)cccc2OC[C@@H]1O)c1ccc(-c2ccnc3[nH]ccc23)cn1. The number of pyridine rings is 2. The van der Waals surface area contributed by atoms with E-state index in [-0.39, 0.29) is 17.9 Å². The molecule has 5 rings (SSSR count). The van der Waals surface area contributed by atoms with Crippen LogP contribution in [0.2, 0.25) is 0 Å². The standard InChI is InChI=1S/C22H17FN4O3/c23-15-2-1-3-18-19(15)20(17(28)11-30-18)27-22(29)16-5-4-12(10-26-16)13-6-8-24-21-14(13)7-9-25-21/h1-10,17,20,28H,11H2,(H,24,25)(H,27,29)/t17-,20-/m0/s1. The average molecular weight is 404 g/mol. The summed E-state index contributed by atoms with van der Waals surface area (Å²) in [5, 5.41) is 13.9. The molecule has 150 valence electrons. The number of aliphatic hydroxyl groups excluding tert-OH is 1. The number of benzene rings is 1. The lowest BCUT2D eigenvalue weighted by Gasteiger charge is -2.31. The molecule has 1 aromatic carbocycles. The monoisotopic (exact) mass is 404 g/mol. The Kier molecular flexibility index (Phi) is 4.40. The first-order valence-corrected chi connectivity index (χ1v) is 9.40.